The van der Waals surface area contributed by atoms with Crippen LogP contribution in [-0.2, 0) is 0 Å². The molecule has 0 heterocycles. The fraction of sp³-hybridized carbons (Fsp3) is 1.00. The summed E-state index contributed by atoms with van der Waals surface area (Å²) in [6.07, 6.45) is -35.9. The molecule has 0 spiro atoms. The smallest absolute Gasteiger partial charge is 0.303 e. The molecule has 0 atom stereocenters. The molecule has 0 bridgehead atoms. The Morgan fingerprint density at radius 1 is 0.245 bits per heavy atom. The maximum absolute atomic E-state index is 13.7. The van der Waals surface area contributed by atoms with Gasteiger partial charge in [-0.05, 0) is 38.9 Å². The van der Waals surface area contributed by atoms with Crippen LogP contribution in [0.4, 0.5) is 119 Å². The van der Waals surface area contributed by atoms with Crippen molar-refractivity contribution in [3.63, 3.8) is 0 Å². The molecule has 296 valence electrons. The normalized spacial score (nSPS) is 16.2. The second kappa shape index (κ2) is 13.9. The highest BCUT2D eigenvalue weighted by Gasteiger charge is 2.83. The molecule has 0 aliphatic carbocycles. The summed E-state index contributed by atoms with van der Waals surface area (Å²) >= 11 is 0. The predicted octanol–water partition coefficient (Wildman–Crippen LogP) is 11.0. The molecule has 49 heavy (non-hydrogen) atoms. The van der Waals surface area contributed by atoms with E-state index in [1.165, 1.54) is 0 Å². The number of halogens is 27. The molecule has 0 aromatic heterocycles. The van der Waals surface area contributed by atoms with Crippen LogP contribution in [0, 0.1) is 0 Å². The lowest BCUT2D eigenvalue weighted by Gasteiger charge is -2.35. The lowest BCUT2D eigenvalue weighted by Crippen LogP contribution is -2.61. The Labute approximate surface area is 254 Å². The molecule has 0 N–H and O–H groups in total. The number of rotatable bonds is 18. The van der Waals surface area contributed by atoms with Gasteiger partial charge in [0, 0.05) is 19.3 Å². The Balaban J connectivity index is 6.13. The Morgan fingerprint density at radius 3 is 0.551 bits per heavy atom. The second-order valence-corrected chi connectivity index (χ2v) is 10.2. The molecule has 0 aliphatic rings. The van der Waals surface area contributed by atoms with Gasteiger partial charge in [-0.3, -0.25) is 0 Å². The van der Waals surface area contributed by atoms with Crippen LogP contribution in [0.15, 0.2) is 0 Å². The van der Waals surface area contributed by atoms with Gasteiger partial charge in [-0.15, -0.1) is 0 Å². The van der Waals surface area contributed by atoms with Gasteiger partial charge >= 0.3 is 71.8 Å². The summed E-state index contributed by atoms with van der Waals surface area (Å²) < 4.78 is 351. The van der Waals surface area contributed by atoms with Crippen LogP contribution in [0.1, 0.15) is 38.5 Å². The van der Waals surface area contributed by atoms with Crippen molar-refractivity contribution in [2.45, 2.75) is 110 Å². The van der Waals surface area contributed by atoms with Gasteiger partial charge in [0.05, 0.1) is 0 Å². The Bertz CT molecular complexity index is 931. The van der Waals surface area contributed by atoms with Crippen LogP contribution < -0.4 is 0 Å². The van der Waals surface area contributed by atoms with Crippen molar-refractivity contribution in [2.75, 3.05) is 19.6 Å². The number of hydrogen-bond donors (Lipinski definition) is 0. The van der Waals surface area contributed by atoms with Crippen LogP contribution in [0.5, 0.6) is 0 Å². The molecule has 0 rings (SSSR count). The van der Waals surface area contributed by atoms with Gasteiger partial charge in [-0.25, -0.2) is 0 Å². The van der Waals surface area contributed by atoms with Gasteiger partial charge in [-0.1, -0.05) is 0 Å². The van der Waals surface area contributed by atoms with Gasteiger partial charge in [0.1, 0.15) is 0 Å². The Kier molecular flexibility index (Phi) is 13.3. The Morgan fingerprint density at radius 2 is 0.408 bits per heavy atom. The summed E-state index contributed by atoms with van der Waals surface area (Å²) in [6, 6.07) is 0. The Hall–Kier alpha value is -1.93. The van der Waals surface area contributed by atoms with Crippen molar-refractivity contribution in [3.8, 4) is 0 Å². The summed E-state index contributed by atoms with van der Waals surface area (Å²) in [4.78, 5) is -0.0949. The summed E-state index contributed by atoms with van der Waals surface area (Å²) in [6.45, 7) is -4.94. The van der Waals surface area contributed by atoms with E-state index in [1.54, 1.807) is 0 Å². The molecule has 0 unspecified atom stereocenters. The average Bonchev–Trinajstić information content (AvgIpc) is 2.85. The summed E-state index contributed by atoms with van der Waals surface area (Å²) in [5.74, 6) is -63.3. The van der Waals surface area contributed by atoms with Crippen molar-refractivity contribution in [3.05, 3.63) is 0 Å². The number of nitrogens with zero attached hydrogens (tertiary/aromatic N) is 1. The van der Waals surface area contributed by atoms with Gasteiger partial charge in [-0.2, -0.15) is 119 Å². The number of hydrogen-bond acceptors (Lipinski definition) is 1. The van der Waals surface area contributed by atoms with E-state index in [4.69, 9.17) is 0 Å². The van der Waals surface area contributed by atoms with E-state index in [0.29, 0.717) is 0 Å². The fourth-order valence-corrected chi connectivity index (χ4v) is 3.60. The fourth-order valence-electron chi connectivity index (χ4n) is 3.60. The van der Waals surface area contributed by atoms with Gasteiger partial charge < -0.3 is 4.90 Å². The van der Waals surface area contributed by atoms with Gasteiger partial charge in [0.2, 0.25) is 0 Å². The molecule has 0 aliphatic heterocycles. The van der Waals surface area contributed by atoms with Crippen molar-refractivity contribution >= 4 is 0 Å². The highest BCUT2D eigenvalue weighted by molar-refractivity contribution is 5.02. The summed E-state index contributed by atoms with van der Waals surface area (Å²) in [5.41, 5.74) is 0. The highest BCUT2D eigenvalue weighted by Crippen LogP contribution is 2.57. The second-order valence-electron chi connectivity index (χ2n) is 10.2. The first-order chi connectivity index (χ1) is 21.0. The molecular formula is C21H18F27N. The molecule has 0 aromatic rings. The SMILES string of the molecule is FC(F)(F)C(F)(F)C(F)(F)C(F)(F)CCCN(CCCC(F)(F)C(F)(F)C(F)(F)C(F)(F)F)CCCC(F)(F)C(F)(F)C(F)(F)C(F)(F)F. The largest absolute Gasteiger partial charge is 0.460 e. The van der Waals surface area contributed by atoms with E-state index in [2.05, 4.69) is 0 Å². The lowest BCUT2D eigenvalue weighted by atomic mass is 9.98. The standard InChI is InChI=1S/C21H18F27N/c22-10(23,13(28,29)16(34,35)19(40,41)42)4-1-7-49(8-2-5-11(24,25)14(30,31)17(36,37)20(43,44)45)9-3-6-12(26,27)15(32,33)18(38,39)21(46,47)48/h1-9H2. The van der Waals surface area contributed by atoms with E-state index in [-0.39, 0.29) is 4.90 Å². The van der Waals surface area contributed by atoms with E-state index in [1.807, 2.05) is 0 Å². The first-order valence-electron chi connectivity index (χ1n) is 12.4. The van der Waals surface area contributed by atoms with Crippen LogP contribution in [0.2, 0.25) is 0 Å². The maximum atomic E-state index is 13.7. The molecule has 1 nitrogen and oxygen atoms in total. The third-order valence-corrected chi connectivity index (χ3v) is 6.52. The zero-order chi connectivity index (χ0) is 39.9. The highest BCUT2D eigenvalue weighted by atomic mass is 19.4. The van der Waals surface area contributed by atoms with Crippen LogP contribution in [0.25, 0.3) is 0 Å². The van der Waals surface area contributed by atoms with E-state index in [0.717, 1.165) is 0 Å². The van der Waals surface area contributed by atoms with Crippen LogP contribution >= 0.6 is 0 Å². The molecule has 0 saturated heterocycles. The van der Waals surface area contributed by atoms with Crippen molar-refractivity contribution in [1.29, 1.82) is 0 Å². The molecule has 0 aromatic carbocycles. The third kappa shape index (κ3) is 8.94. The zero-order valence-corrected chi connectivity index (χ0v) is 23.0. The first kappa shape index (κ1) is 47.1. The van der Waals surface area contributed by atoms with Gasteiger partial charge in [0.15, 0.2) is 0 Å². The topological polar surface area (TPSA) is 3.24 Å². The monoisotopic (exact) mass is 797 g/mol. The molecule has 28 heteroatoms. The van der Waals surface area contributed by atoms with E-state index >= 15 is 0 Å². The van der Waals surface area contributed by atoms with Crippen LogP contribution in [0.3, 0.4) is 0 Å². The van der Waals surface area contributed by atoms with Crippen molar-refractivity contribution in [1.82, 2.24) is 4.90 Å². The predicted molar refractivity (Wildman–Crippen MR) is 107 cm³/mol. The van der Waals surface area contributed by atoms with Crippen molar-refractivity contribution < 1.29 is 119 Å². The van der Waals surface area contributed by atoms with Crippen LogP contribution in [-0.4, -0.2) is 96.4 Å². The zero-order valence-electron chi connectivity index (χ0n) is 23.0. The first-order valence-corrected chi connectivity index (χ1v) is 12.4. The minimum atomic E-state index is -7.45. The maximum Gasteiger partial charge on any atom is 0.460 e. The third-order valence-electron chi connectivity index (χ3n) is 6.52. The average molecular weight is 797 g/mol. The minimum Gasteiger partial charge on any atom is -0.303 e. The molecule has 0 saturated carbocycles. The minimum absolute atomic E-state index is 0.0949. The quantitative estimate of drug-likeness (QED) is 0.125. The molecular weight excluding hydrogens is 779 g/mol. The molecule has 0 radical (unpaired) electrons. The summed E-state index contributed by atoms with van der Waals surface area (Å²) in [7, 11) is 0. The van der Waals surface area contributed by atoms with E-state index < -0.39 is 130 Å². The van der Waals surface area contributed by atoms with Gasteiger partial charge in [0.25, 0.3) is 0 Å². The lowest BCUT2D eigenvalue weighted by molar-refractivity contribution is -0.397. The number of alkyl halides is 27. The van der Waals surface area contributed by atoms with E-state index in [9.17, 15) is 119 Å². The summed E-state index contributed by atoms with van der Waals surface area (Å²) in [5, 5.41) is 0. The van der Waals surface area contributed by atoms with Crippen molar-refractivity contribution in [2.24, 2.45) is 0 Å². The molecule has 0 amide bonds. The molecule has 0 fully saturated rings.